The fourth-order valence-corrected chi connectivity index (χ4v) is 1.63. The molecule has 5 nitrogen and oxygen atoms in total. The number of aromatic nitrogens is 3. The third kappa shape index (κ3) is 1.99. The van der Waals surface area contributed by atoms with Gasteiger partial charge in [0.25, 0.3) is 0 Å². The number of hydrogen-bond donors (Lipinski definition) is 1. The van der Waals surface area contributed by atoms with Gasteiger partial charge >= 0.3 is 0 Å². The second-order valence-electron chi connectivity index (χ2n) is 3.61. The predicted octanol–water partition coefficient (Wildman–Crippen LogP) is 1.36. The molecule has 2 aromatic heterocycles. The van der Waals surface area contributed by atoms with E-state index in [2.05, 4.69) is 9.97 Å². The highest BCUT2D eigenvalue weighted by molar-refractivity contribution is 5.74. The first-order valence-electron chi connectivity index (χ1n) is 5.39. The van der Waals surface area contributed by atoms with Crippen molar-refractivity contribution in [2.75, 3.05) is 18.9 Å². The Morgan fingerprint density at radius 2 is 2.19 bits per heavy atom. The molecule has 2 N–H and O–H groups in total. The number of nitrogen functional groups attached to an aromatic ring is 1. The van der Waals surface area contributed by atoms with E-state index >= 15 is 0 Å². The Kier molecular flexibility index (Phi) is 3.05. The topological polar surface area (TPSA) is 66.0 Å². The van der Waals surface area contributed by atoms with E-state index < -0.39 is 0 Å². The second kappa shape index (κ2) is 4.49. The van der Waals surface area contributed by atoms with Crippen molar-refractivity contribution in [3.05, 3.63) is 17.8 Å². The van der Waals surface area contributed by atoms with Crippen LogP contribution in [0.25, 0.3) is 11.2 Å². The van der Waals surface area contributed by atoms with Gasteiger partial charge in [-0.2, -0.15) is 0 Å². The van der Waals surface area contributed by atoms with Crippen LogP contribution in [0.4, 0.5) is 5.95 Å². The number of hydrogen-bond acceptors (Lipinski definition) is 4. The third-order valence-corrected chi connectivity index (χ3v) is 2.42. The summed E-state index contributed by atoms with van der Waals surface area (Å²) in [5.41, 5.74) is 8.47. The molecule has 5 heteroatoms. The lowest BCUT2D eigenvalue weighted by atomic mass is 10.3. The van der Waals surface area contributed by atoms with Crippen molar-refractivity contribution >= 4 is 17.1 Å². The van der Waals surface area contributed by atoms with Crippen LogP contribution >= 0.6 is 0 Å². The van der Waals surface area contributed by atoms with Crippen molar-refractivity contribution in [1.29, 1.82) is 0 Å². The lowest BCUT2D eigenvalue weighted by molar-refractivity contribution is 0.140. The van der Waals surface area contributed by atoms with E-state index in [9.17, 15) is 0 Å². The number of nitrogens with zero attached hydrogens (tertiary/aromatic N) is 3. The zero-order chi connectivity index (χ0) is 11.5. The lowest BCUT2D eigenvalue weighted by Crippen LogP contribution is -2.09. The summed E-state index contributed by atoms with van der Waals surface area (Å²) in [7, 11) is 0. The van der Waals surface area contributed by atoms with Crippen LogP contribution in [0.3, 0.4) is 0 Å². The van der Waals surface area contributed by atoms with E-state index in [1.54, 1.807) is 0 Å². The average Bonchev–Trinajstić information content (AvgIpc) is 2.56. The molecule has 0 unspecified atom stereocenters. The van der Waals surface area contributed by atoms with Crippen LogP contribution < -0.4 is 5.73 Å². The van der Waals surface area contributed by atoms with Gasteiger partial charge in [0.2, 0.25) is 5.95 Å². The Bertz CT molecular complexity index is 492. The van der Waals surface area contributed by atoms with E-state index in [1.165, 1.54) is 0 Å². The maximum absolute atomic E-state index is 5.84. The smallest absolute Gasteiger partial charge is 0.202 e. The summed E-state index contributed by atoms with van der Waals surface area (Å²) < 4.78 is 7.20. The molecule has 0 spiro atoms. The summed E-state index contributed by atoms with van der Waals surface area (Å²) in [6.07, 6.45) is 0. The van der Waals surface area contributed by atoms with Crippen LogP contribution in [-0.4, -0.2) is 27.7 Å². The standard InChI is InChI=1S/C11H16N4O/c1-3-16-7-6-15-10-9(14-11(15)12)5-4-8(2)13-10/h4-5H,3,6-7H2,1-2H3,(H2,12,14). The van der Waals surface area contributed by atoms with Gasteiger partial charge < -0.3 is 10.5 Å². The minimum atomic E-state index is 0.493. The quantitative estimate of drug-likeness (QED) is 0.790. The van der Waals surface area contributed by atoms with Crippen molar-refractivity contribution in [3.63, 3.8) is 0 Å². The number of pyridine rings is 1. The first kappa shape index (κ1) is 10.9. The molecule has 0 radical (unpaired) electrons. The molecule has 0 aliphatic carbocycles. The number of fused-ring (bicyclic) bond motifs is 1. The molecule has 0 aliphatic rings. The molecule has 0 aliphatic heterocycles. The monoisotopic (exact) mass is 220 g/mol. The first-order valence-corrected chi connectivity index (χ1v) is 5.39. The number of rotatable bonds is 4. The molecule has 0 bridgehead atoms. The molecule has 0 saturated carbocycles. The Morgan fingerprint density at radius 1 is 1.38 bits per heavy atom. The molecule has 0 saturated heterocycles. The van der Waals surface area contributed by atoms with E-state index in [-0.39, 0.29) is 0 Å². The Hall–Kier alpha value is -1.62. The highest BCUT2D eigenvalue weighted by Crippen LogP contribution is 2.15. The summed E-state index contributed by atoms with van der Waals surface area (Å²) in [4.78, 5) is 8.70. The summed E-state index contributed by atoms with van der Waals surface area (Å²) in [6.45, 7) is 5.95. The number of ether oxygens (including phenoxy) is 1. The van der Waals surface area contributed by atoms with Crippen molar-refractivity contribution in [3.8, 4) is 0 Å². The van der Waals surface area contributed by atoms with Crippen molar-refractivity contribution < 1.29 is 4.74 Å². The van der Waals surface area contributed by atoms with Crippen LogP contribution in [0.15, 0.2) is 12.1 Å². The van der Waals surface area contributed by atoms with Gasteiger partial charge in [0.1, 0.15) is 5.52 Å². The van der Waals surface area contributed by atoms with Gasteiger partial charge in [-0.15, -0.1) is 0 Å². The van der Waals surface area contributed by atoms with Gasteiger partial charge in [-0.05, 0) is 26.0 Å². The van der Waals surface area contributed by atoms with Crippen LogP contribution in [0.2, 0.25) is 0 Å². The number of nitrogens with two attached hydrogens (primary N) is 1. The summed E-state index contributed by atoms with van der Waals surface area (Å²) >= 11 is 0. The van der Waals surface area contributed by atoms with Crippen molar-refractivity contribution in [2.45, 2.75) is 20.4 Å². The van der Waals surface area contributed by atoms with Crippen LogP contribution in [0.5, 0.6) is 0 Å². The maximum atomic E-state index is 5.84. The fraction of sp³-hybridized carbons (Fsp3) is 0.455. The number of imidazole rings is 1. The van der Waals surface area contributed by atoms with Gasteiger partial charge in [-0.1, -0.05) is 0 Å². The van der Waals surface area contributed by atoms with Crippen LogP contribution in [0.1, 0.15) is 12.6 Å². The molecule has 0 amide bonds. The number of anilines is 1. The van der Waals surface area contributed by atoms with Gasteiger partial charge in [0, 0.05) is 12.3 Å². The maximum Gasteiger partial charge on any atom is 0.202 e. The molecular weight excluding hydrogens is 204 g/mol. The molecule has 0 atom stereocenters. The van der Waals surface area contributed by atoms with E-state index in [1.807, 2.05) is 30.5 Å². The Morgan fingerprint density at radius 3 is 2.94 bits per heavy atom. The SMILES string of the molecule is CCOCCn1c(N)nc2ccc(C)nc21. The molecule has 2 rings (SSSR count). The lowest BCUT2D eigenvalue weighted by Gasteiger charge is -2.05. The largest absolute Gasteiger partial charge is 0.380 e. The first-order chi connectivity index (χ1) is 7.72. The molecule has 0 fully saturated rings. The van der Waals surface area contributed by atoms with Crippen molar-refractivity contribution in [2.24, 2.45) is 0 Å². The molecule has 2 heterocycles. The predicted molar refractivity (Wildman–Crippen MR) is 63.2 cm³/mol. The molecule has 16 heavy (non-hydrogen) atoms. The highest BCUT2D eigenvalue weighted by Gasteiger charge is 2.08. The van der Waals surface area contributed by atoms with Gasteiger partial charge in [0.05, 0.1) is 13.2 Å². The summed E-state index contributed by atoms with van der Waals surface area (Å²) in [6, 6.07) is 3.87. The normalized spacial score (nSPS) is 11.1. The third-order valence-electron chi connectivity index (χ3n) is 2.42. The van der Waals surface area contributed by atoms with Crippen LogP contribution in [-0.2, 0) is 11.3 Å². The summed E-state index contributed by atoms with van der Waals surface area (Å²) in [5.74, 6) is 0.493. The Labute approximate surface area is 94.2 Å². The zero-order valence-electron chi connectivity index (χ0n) is 9.60. The molecule has 86 valence electrons. The minimum Gasteiger partial charge on any atom is -0.380 e. The second-order valence-corrected chi connectivity index (χ2v) is 3.61. The Balaban J connectivity index is 2.34. The van der Waals surface area contributed by atoms with Crippen LogP contribution in [0, 0.1) is 6.92 Å². The summed E-state index contributed by atoms with van der Waals surface area (Å²) in [5, 5.41) is 0. The minimum absolute atomic E-state index is 0.493. The molecular formula is C11H16N4O. The van der Waals surface area contributed by atoms with Gasteiger partial charge in [-0.3, -0.25) is 4.57 Å². The zero-order valence-corrected chi connectivity index (χ0v) is 9.60. The van der Waals surface area contributed by atoms with Gasteiger partial charge in [0.15, 0.2) is 5.65 Å². The highest BCUT2D eigenvalue weighted by atomic mass is 16.5. The molecule has 0 aromatic carbocycles. The number of aryl methyl sites for hydroxylation is 1. The van der Waals surface area contributed by atoms with Gasteiger partial charge in [-0.25, -0.2) is 9.97 Å². The van der Waals surface area contributed by atoms with E-state index in [0.29, 0.717) is 25.7 Å². The van der Waals surface area contributed by atoms with E-state index in [0.717, 1.165) is 16.9 Å². The average molecular weight is 220 g/mol. The van der Waals surface area contributed by atoms with Crippen molar-refractivity contribution in [1.82, 2.24) is 14.5 Å². The fourth-order valence-electron chi connectivity index (χ4n) is 1.63. The molecule has 2 aromatic rings. The van der Waals surface area contributed by atoms with E-state index in [4.69, 9.17) is 10.5 Å².